The average molecular weight is 248 g/mol. The topological polar surface area (TPSA) is 67.6 Å². The van der Waals surface area contributed by atoms with Crippen molar-refractivity contribution < 1.29 is 0 Å². The molecular formula is C10H8N4S2. The first kappa shape index (κ1) is 9.68. The molecule has 0 aliphatic carbocycles. The summed E-state index contributed by atoms with van der Waals surface area (Å²) in [5, 5.41) is 9.89. The van der Waals surface area contributed by atoms with Gasteiger partial charge in [0.1, 0.15) is 0 Å². The molecule has 4 nitrogen and oxygen atoms in total. The summed E-state index contributed by atoms with van der Waals surface area (Å²) in [4.78, 5) is 5.23. The Balaban J connectivity index is 2.05. The van der Waals surface area contributed by atoms with Gasteiger partial charge in [-0.1, -0.05) is 11.8 Å². The lowest BCUT2D eigenvalue weighted by atomic mass is 10.2. The molecule has 2 heterocycles. The number of nitrogens with two attached hydrogens (primary N) is 1. The highest BCUT2D eigenvalue weighted by molar-refractivity contribution is 8.01. The third-order valence-corrected chi connectivity index (χ3v) is 4.13. The van der Waals surface area contributed by atoms with Gasteiger partial charge in [-0.2, -0.15) is 5.10 Å². The largest absolute Gasteiger partial charge is 0.398 e. The molecule has 0 unspecified atom stereocenters. The lowest BCUT2D eigenvalue weighted by Gasteiger charge is -2.02. The van der Waals surface area contributed by atoms with Gasteiger partial charge >= 0.3 is 0 Å². The molecule has 3 N–H and O–H groups in total. The molecule has 0 atom stereocenters. The van der Waals surface area contributed by atoms with Crippen LogP contribution < -0.4 is 5.73 Å². The van der Waals surface area contributed by atoms with Crippen LogP contribution in [0.5, 0.6) is 0 Å². The first-order chi connectivity index (χ1) is 7.83. The van der Waals surface area contributed by atoms with Crippen LogP contribution in [0.25, 0.3) is 10.9 Å². The van der Waals surface area contributed by atoms with Crippen LogP contribution >= 0.6 is 23.1 Å². The fourth-order valence-electron chi connectivity index (χ4n) is 1.43. The van der Waals surface area contributed by atoms with Crippen LogP contribution in [0, 0.1) is 0 Å². The molecule has 0 saturated carbocycles. The van der Waals surface area contributed by atoms with Gasteiger partial charge in [-0.25, -0.2) is 4.98 Å². The van der Waals surface area contributed by atoms with Gasteiger partial charge in [0.2, 0.25) is 0 Å². The fraction of sp³-hybridized carbons (Fsp3) is 0. The lowest BCUT2D eigenvalue weighted by molar-refractivity contribution is 1.12. The van der Waals surface area contributed by atoms with Crippen LogP contribution in [0.4, 0.5) is 5.69 Å². The van der Waals surface area contributed by atoms with E-state index in [0.29, 0.717) is 0 Å². The molecule has 0 spiro atoms. The smallest absolute Gasteiger partial charge is 0.154 e. The maximum absolute atomic E-state index is 5.98. The van der Waals surface area contributed by atoms with E-state index in [1.54, 1.807) is 35.5 Å². The predicted molar refractivity (Wildman–Crippen MR) is 66.7 cm³/mol. The van der Waals surface area contributed by atoms with Crippen molar-refractivity contribution in [3.8, 4) is 0 Å². The van der Waals surface area contributed by atoms with Crippen molar-refractivity contribution in [2.24, 2.45) is 0 Å². The number of hydrogen-bond acceptors (Lipinski definition) is 5. The Morgan fingerprint density at radius 3 is 3.12 bits per heavy atom. The Morgan fingerprint density at radius 2 is 2.31 bits per heavy atom. The summed E-state index contributed by atoms with van der Waals surface area (Å²) in [5.74, 6) is 0. The molecule has 0 bridgehead atoms. The summed E-state index contributed by atoms with van der Waals surface area (Å²) >= 11 is 3.18. The molecule has 2 aromatic heterocycles. The quantitative estimate of drug-likeness (QED) is 0.684. The number of aromatic amines is 1. The van der Waals surface area contributed by atoms with Crippen molar-refractivity contribution >= 4 is 39.7 Å². The Labute approximate surface area is 99.9 Å². The van der Waals surface area contributed by atoms with Crippen molar-refractivity contribution in [2.75, 3.05) is 5.73 Å². The monoisotopic (exact) mass is 248 g/mol. The SMILES string of the molecule is Nc1cc2cn[nH]c2cc1Sc1nccs1. The summed E-state index contributed by atoms with van der Waals surface area (Å²) in [5.41, 5.74) is 7.73. The second-order valence-corrected chi connectivity index (χ2v) is 5.43. The van der Waals surface area contributed by atoms with Crippen LogP contribution in [-0.4, -0.2) is 15.2 Å². The van der Waals surface area contributed by atoms with E-state index in [1.165, 1.54) is 0 Å². The molecule has 1 aromatic carbocycles. The van der Waals surface area contributed by atoms with E-state index in [1.807, 2.05) is 17.5 Å². The number of rotatable bonds is 2. The zero-order valence-electron chi connectivity index (χ0n) is 8.18. The Bertz CT molecular complexity index is 615. The summed E-state index contributed by atoms with van der Waals surface area (Å²) in [6, 6.07) is 3.93. The highest BCUT2D eigenvalue weighted by Gasteiger charge is 2.06. The molecular weight excluding hydrogens is 240 g/mol. The van der Waals surface area contributed by atoms with Crippen molar-refractivity contribution in [2.45, 2.75) is 9.24 Å². The zero-order chi connectivity index (χ0) is 11.0. The number of benzene rings is 1. The minimum Gasteiger partial charge on any atom is -0.398 e. The van der Waals surface area contributed by atoms with E-state index in [4.69, 9.17) is 5.73 Å². The number of aromatic nitrogens is 3. The lowest BCUT2D eigenvalue weighted by Crippen LogP contribution is -1.88. The summed E-state index contributed by atoms with van der Waals surface area (Å²) < 4.78 is 0.991. The van der Waals surface area contributed by atoms with Crippen LogP contribution in [-0.2, 0) is 0 Å². The van der Waals surface area contributed by atoms with E-state index in [0.717, 1.165) is 25.8 Å². The van der Waals surface area contributed by atoms with Crippen molar-refractivity contribution in [3.05, 3.63) is 29.9 Å². The van der Waals surface area contributed by atoms with Gasteiger partial charge in [0.15, 0.2) is 4.34 Å². The number of nitrogen functional groups attached to an aromatic ring is 1. The second-order valence-electron chi connectivity index (χ2n) is 3.25. The van der Waals surface area contributed by atoms with Gasteiger partial charge in [-0.3, -0.25) is 5.10 Å². The number of anilines is 1. The van der Waals surface area contributed by atoms with Crippen LogP contribution in [0.3, 0.4) is 0 Å². The molecule has 3 aromatic rings. The number of nitrogens with one attached hydrogen (secondary N) is 1. The van der Waals surface area contributed by atoms with Crippen molar-refractivity contribution in [3.63, 3.8) is 0 Å². The van der Waals surface area contributed by atoms with Crippen LogP contribution in [0.2, 0.25) is 0 Å². The third kappa shape index (κ3) is 1.66. The van der Waals surface area contributed by atoms with Crippen molar-refractivity contribution in [1.82, 2.24) is 15.2 Å². The fourth-order valence-corrected chi connectivity index (χ4v) is 3.08. The van der Waals surface area contributed by atoms with E-state index >= 15 is 0 Å². The number of H-pyrrole nitrogens is 1. The molecule has 0 aliphatic rings. The molecule has 6 heteroatoms. The van der Waals surface area contributed by atoms with Gasteiger partial charge in [0.25, 0.3) is 0 Å². The number of nitrogens with zero attached hydrogens (tertiary/aromatic N) is 2. The first-order valence-corrected chi connectivity index (χ1v) is 6.32. The second kappa shape index (κ2) is 3.80. The van der Waals surface area contributed by atoms with E-state index in [9.17, 15) is 0 Å². The van der Waals surface area contributed by atoms with E-state index in [-0.39, 0.29) is 0 Å². The van der Waals surface area contributed by atoms with Gasteiger partial charge in [0.05, 0.1) is 11.7 Å². The number of fused-ring (bicyclic) bond motifs is 1. The van der Waals surface area contributed by atoms with Crippen molar-refractivity contribution in [1.29, 1.82) is 0 Å². The van der Waals surface area contributed by atoms with Crippen LogP contribution in [0.15, 0.2) is 39.1 Å². The maximum atomic E-state index is 5.98. The molecule has 80 valence electrons. The molecule has 0 aliphatic heterocycles. The van der Waals surface area contributed by atoms with Gasteiger partial charge in [-0.15, -0.1) is 11.3 Å². The van der Waals surface area contributed by atoms with Gasteiger partial charge in [-0.05, 0) is 12.1 Å². The highest BCUT2D eigenvalue weighted by atomic mass is 32.2. The Morgan fingerprint density at radius 1 is 1.38 bits per heavy atom. The summed E-state index contributed by atoms with van der Waals surface area (Å²) in [6.45, 7) is 0. The first-order valence-electron chi connectivity index (χ1n) is 4.63. The standard InChI is InChI=1S/C10H8N4S2/c11-7-3-6-5-13-14-8(6)4-9(7)16-10-12-1-2-15-10/h1-5H,11H2,(H,13,14). The van der Waals surface area contributed by atoms with E-state index in [2.05, 4.69) is 15.2 Å². The third-order valence-electron chi connectivity index (χ3n) is 2.18. The molecule has 0 amide bonds. The Hall–Kier alpha value is -1.53. The molecule has 0 saturated heterocycles. The molecule has 0 fully saturated rings. The normalized spacial score (nSPS) is 11.0. The summed E-state index contributed by atoms with van der Waals surface area (Å²) in [7, 11) is 0. The number of hydrogen-bond donors (Lipinski definition) is 2. The maximum Gasteiger partial charge on any atom is 0.154 e. The van der Waals surface area contributed by atoms with E-state index < -0.39 is 0 Å². The molecule has 3 rings (SSSR count). The Kier molecular flexibility index (Phi) is 2.30. The summed E-state index contributed by atoms with van der Waals surface area (Å²) in [6.07, 6.45) is 3.56. The molecule has 0 radical (unpaired) electrons. The predicted octanol–water partition coefficient (Wildman–Crippen LogP) is 2.75. The zero-order valence-corrected chi connectivity index (χ0v) is 9.81. The minimum atomic E-state index is 0.758. The van der Waals surface area contributed by atoms with Gasteiger partial charge in [0, 0.05) is 27.5 Å². The van der Waals surface area contributed by atoms with Gasteiger partial charge < -0.3 is 5.73 Å². The minimum absolute atomic E-state index is 0.758. The highest BCUT2D eigenvalue weighted by Crippen LogP contribution is 2.35. The molecule has 16 heavy (non-hydrogen) atoms. The number of thiazole rings is 1. The average Bonchev–Trinajstić information content (AvgIpc) is 2.89. The van der Waals surface area contributed by atoms with Crippen LogP contribution in [0.1, 0.15) is 0 Å².